The highest BCUT2D eigenvalue weighted by molar-refractivity contribution is 7.89. The standard InChI is InChI=1S/C18H28N2O5S/c1-4-7-8-13-19-17(21)14-25-18(22)15-9-11-16(12-10-15)26(23,24)20(5-2)6-3/h9-12H,4-8,13-14H2,1-3H3,(H,19,21). The number of nitrogens with one attached hydrogen (secondary N) is 1. The lowest BCUT2D eigenvalue weighted by atomic mass is 10.2. The lowest BCUT2D eigenvalue weighted by Gasteiger charge is -2.18. The first-order chi connectivity index (χ1) is 12.4. The molecule has 26 heavy (non-hydrogen) atoms. The average molecular weight is 384 g/mol. The zero-order valence-electron chi connectivity index (χ0n) is 15.7. The van der Waals surface area contributed by atoms with Gasteiger partial charge in [0.15, 0.2) is 6.61 Å². The van der Waals surface area contributed by atoms with Crippen molar-refractivity contribution in [2.45, 2.75) is 44.9 Å². The molecule has 0 fully saturated rings. The van der Waals surface area contributed by atoms with E-state index in [0.717, 1.165) is 19.3 Å². The minimum atomic E-state index is -3.57. The zero-order chi connectivity index (χ0) is 19.6. The van der Waals surface area contributed by atoms with Crippen LogP contribution in [0.2, 0.25) is 0 Å². The molecule has 1 aromatic rings. The first-order valence-corrected chi connectivity index (χ1v) is 10.3. The van der Waals surface area contributed by atoms with E-state index < -0.39 is 16.0 Å². The van der Waals surface area contributed by atoms with Gasteiger partial charge < -0.3 is 10.1 Å². The summed E-state index contributed by atoms with van der Waals surface area (Å²) in [5, 5.41) is 2.68. The van der Waals surface area contributed by atoms with Crippen LogP contribution in [0.5, 0.6) is 0 Å². The van der Waals surface area contributed by atoms with Crippen LogP contribution in [0.25, 0.3) is 0 Å². The van der Waals surface area contributed by atoms with Crippen molar-refractivity contribution in [2.24, 2.45) is 0 Å². The number of hydrogen-bond acceptors (Lipinski definition) is 5. The number of carbonyl (C=O) groups is 2. The van der Waals surface area contributed by atoms with Crippen LogP contribution in [-0.2, 0) is 19.6 Å². The second-order valence-electron chi connectivity index (χ2n) is 5.75. The third-order valence-electron chi connectivity index (χ3n) is 3.87. The Balaban J connectivity index is 2.60. The molecule has 0 radical (unpaired) electrons. The number of carbonyl (C=O) groups excluding carboxylic acids is 2. The van der Waals surface area contributed by atoms with Crippen LogP contribution in [0.1, 0.15) is 50.4 Å². The van der Waals surface area contributed by atoms with Crippen LogP contribution < -0.4 is 5.32 Å². The van der Waals surface area contributed by atoms with Gasteiger partial charge in [-0.25, -0.2) is 13.2 Å². The number of benzene rings is 1. The molecule has 0 heterocycles. The summed E-state index contributed by atoms with van der Waals surface area (Å²) in [6, 6.07) is 5.51. The summed E-state index contributed by atoms with van der Waals surface area (Å²) in [6.07, 6.45) is 2.98. The first kappa shape index (κ1) is 22.1. The van der Waals surface area contributed by atoms with Gasteiger partial charge in [-0.2, -0.15) is 4.31 Å². The van der Waals surface area contributed by atoms with Crippen LogP contribution in [0.3, 0.4) is 0 Å². The van der Waals surface area contributed by atoms with Crippen molar-refractivity contribution in [3.63, 3.8) is 0 Å². The predicted octanol–water partition coefficient (Wildman–Crippen LogP) is 2.18. The molecule has 8 heteroatoms. The molecule has 1 rings (SSSR count). The van der Waals surface area contributed by atoms with E-state index in [1.807, 2.05) is 0 Å². The Hall–Kier alpha value is -1.93. The number of rotatable bonds is 11. The van der Waals surface area contributed by atoms with E-state index in [-0.39, 0.29) is 23.0 Å². The summed E-state index contributed by atoms with van der Waals surface area (Å²) in [6.45, 7) is 6.54. The maximum Gasteiger partial charge on any atom is 0.338 e. The van der Waals surface area contributed by atoms with Crippen molar-refractivity contribution >= 4 is 21.9 Å². The Morgan fingerprint density at radius 3 is 2.19 bits per heavy atom. The Labute approximate surface area is 155 Å². The lowest BCUT2D eigenvalue weighted by Crippen LogP contribution is -2.30. The van der Waals surface area contributed by atoms with Crippen molar-refractivity contribution in [1.29, 1.82) is 0 Å². The van der Waals surface area contributed by atoms with Crippen LogP contribution >= 0.6 is 0 Å². The Morgan fingerprint density at radius 1 is 1.04 bits per heavy atom. The molecule has 0 bridgehead atoms. The number of hydrogen-bond donors (Lipinski definition) is 1. The monoisotopic (exact) mass is 384 g/mol. The Bertz CT molecular complexity index is 682. The molecule has 0 aromatic heterocycles. The van der Waals surface area contributed by atoms with Gasteiger partial charge in [-0.05, 0) is 30.7 Å². The molecule has 146 valence electrons. The van der Waals surface area contributed by atoms with E-state index in [0.29, 0.717) is 19.6 Å². The number of ether oxygens (including phenoxy) is 1. The van der Waals surface area contributed by atoms with Crippen LogP contribution in [0.4, 0.5) is 0 Å². The molecule has 0 atom stereocenters. The van der Waals surface area contributed by atoms with Crippen molar-refractivity contribution in [3.05, 3.63) is 29.8 Å². The average Bonchev–Trinajstić information content (AvgIpc) is 2.64. The quantitative estimate of drug-likeness (QED) is 0.466. The molecule has 1 N–H and O–H groups in total. The van der Waals surface area contributed by atoms with Crippen molar-refractivity contribution in [1.82, 2.24) is 9.62 Å². The van der Waals surface area contributed by atoms with Gasteiger partial charge in [-0.15, -0.1) is 0 Å². The third-order valence-corrected chi connectivity index (χ3v) is 5.93. The minimum Gasteiger partial charge on any atom is -0.452 e. The highest BCUT2D eigenvalue weighted by Crippen LogP contribution is 2.16. The van der Waals surface area contributed by atoms with Gasteiger partial charge in [-0.1, -0.05) is 33.6 Å². The number of amides is 1. The second kappa shape index (κ2) is 10.9. The maximum absolute atomic E-state index is 12.4. The fraction of sp³-hybridized carbons (Fsp3) is 0.556. The Kier molecular flexibility index (Phi) is 9.29. The zero-order valence-corrected chi connectivity index (χ0v) is 16.5. The first-order valence-electron chi connectivity index (χ1n) is 8.90. The molecule has 0 unspecified atom stereocenters. The van der Waals surface area contributed by atoms with Gasteiger partial charge in [0.2, 0.25) is 10.0 Å². The van der Waals surface area contributed by atoms with Crippen molar-refractivity contribution in [3.8, 4) is 0 Å². The molecular weight excluding hydrogens is 356 g/mol. The normalized spacial score (nSPS) is 11.4. The van der Waals surface area contributed by atoms with Crippen molar-refractivity contribution < 1.29 is 22.7 Å². The van der Waals surface area contributed by atoms with Gasteiger partial charge in [0.25, 0.3) is 5.91 Å². The lowest BCUT2D eigenvalue weighted by molar-refractivity contribution is -0.124. The number of nitrogens with zero attached hydrogens (tertiary/aromatic N) is 1. The molecule has 0 saturated heterocycles. The number of sulfonamides is 1. The van der Waals surface area contributed by atoms with Gasteiger partial charge in [0.1, 0.15) is 0 Å². The van der Waals surface area contributed by atoms with E-state index in [1.165, 1.54) is 28.6 Å². The van der Waals surface area contributed by atoms with Crippen molar-refractivity contribution in [2.75, 3.05) is 26.2 Å². The summed E-state index contributed by atoms with van der Waals surface area (Å²) in [7, 11) is -3.57. The molecule has 0 aliphatic heterocycles. The largest absolute Gasteiger partial charge is 0.452 e. The van der Waals surface area contributed by atoms with Crippen LogP contribution in [0.15, 0.2) is 29.2 Å². The fourth-order valence-corrected chi connectivity index (χ4v) is 3.80. The molecule has 7 nitrogen and oxygen atoms in total. The van der Waals surface area contributed by atoms with E-state index >= 15 is 0 Å². The molecule has 0 spiro atoms. The summed E-state index contributed by atoms with van der Waals surface area (Å²) in [5.74, 6) is -1.02. The van der Waals surface area contributed by atoms with E-state index in [4.69, 9.17) is 4.74 Å². The Morgan fingerprint density at radius 2 is 1.65 bits per heavy atom. The fourth-order valence-electron chi connectivity index (χ4n) is 2.34. The van der Waals surface area contributed by atoms with Gasteiger partial charge in [0.05, 0.1) is 10.5 Å². The highest BCUT2D eigenvalue weighted by atomic mass is 32.2. The van der Waals surface area contributed by atoms with Gasteiger partial charge in [-0.3, -0.25) is 4.79 Å². The van der Waals surface area contributed by atoms with E-state index in [9.17, 15) is 18.0 Å². The topological polar surface area (TPSA) is 92.8 Å². The van der Waals surface area contributed by atoms with Gasteiger partial charge >= 0.3 is 5.97 Å². The molecular formula is C18H28N2O5S. The molecule has 0 aliphatic carbocycles. The van der Waals surface area contributed by atoms with Crippen LogP contribution in [0, 0.1) is 0 Å². The summed E-state index contributed by atoms with van der Waals surface area (Å²) < 4.78 is 31.1. The summed E-state index contributed by atoms with van der Waals surface area (Å²) >= 11 is 0. The second-order valence-corrected chi connectivity index (χ2v) is 7.68. The maximum atomic E-state index is 12.4. The predicted molar refractivity (Wildman–Crippen MR) is 99.4 cm³/mol. The third kappa shape index (κ3) is 6.42. The number of esters is 1. The SMILES string of the molecule is CCCCCNC(=O)COC(=O)c1ccc(S(=O)(=O)N(CC)CC)cc1. The summed E-state index contributed by atoms with van der Waals surface area (Å²) in [5.41, 5.74) is 0.197. The smallest absolute Gasteiger partial charge is 0.338 e. The van der Waals surface area contributed by atoms with Crippen LogP contribution in [-0.4, -0.2) is 50.8 Å². The molecule has 1 amide bonds. The summed E-state index contributed by atoms with van der Waals surface area (Å²) in [4.78, 5) is 23.7. The van der Waals surface area contributed by atoms with E-state index in [2.05, 4.69) is 12.2 Å². The highest BCUT2D eigenvalue weighted by Gasteiger charge is 2.21. The molecule has 1 aromatic carbocycles. The minimum absolute atomic E-state index is 0.117. The van der Waals surface area contributed by atoms with E-state index in [1.54, 1.807) is 13.8 Å². The number of unbranched alkanes of at least 4 members (excludes halogenated alkanes) is 2. The molecule has 0 saturated carbocycles. The molecule has 0 aliphatic rings. The van der Waals surface area contributed by atoms with Gasteiger partial charge in [0, 0.05) is 19.6 Å².